The number of carbonyl (C=O) groups excluding carboxylic acids is 1. The number of nitrogens with one attached hydrogen (secondary N) is 1. The Hall–Kier alpha value is -1.92. The normalized spacial score (nSPS) is 11.0. The molecule has 0 saturated carbocycles. The van der Waals surface area contributed by atoms with Crippen molar-refractivity contribution in [3.63, 3.8) is 0 Å². The summed E-state index contributed by atoms with van der Waals surface area (Å²) < 4.78 is 39.3. The highest BCUT2D eigenvalue weighted by molar-refractivity contribution is 5.71. The van der Waals surface area contributed by atoms with Crippen LogP contribution in [0.1, 0.15) is 5.56 Å². The van der Waals surface area contributed by atoms with Crippen LogP contribution in [0.15, 0.2) is 24.3 Å². The monoisotopic (exact) mass is 248 g/mol. The van der Waals surface area contributed by atoms with Crippen molar-refractivity contribution in [1.29, 1.82) is 0 Å². The summed E-state index contributed by atoms with van der Waals surface area (Å²) in [4.78, 5) is 10.4. The number of hydrogen-bond acceptors (Lipinski definition) is 2. The largest absolute Gasteiger partial charge is 0.573 e. The van der Waals surface area contributed by atoms with Crippen molar-refractivity contribution in [2.24, 2.45) is 5.73 Å². The van der Waals surface area contributed by atoms with Crippen LogP contribution >= 0.6 is 0 Å². The number of rotatable bonds is 4. The van der Waals surface area contributed by atoms with Gasteiger partial charge in [0.25, 0.3) is 0 Å². The molecular formula is C10H11F3N2O2. The van der Waals surface area contributed by atoms with Gasteiger partial charge in [-0.15, -0.1) is 13.2 Å². The smallest absolute Gasteiger partial charge is 0.406 e. The van der Waals surface area contributed by atoms with Gasteiger partial charge in [-0.05, 0) is 24.1 Å². The van der Waals surface area contributed by atoms with Gasteiger partial charge in [-0.1, -0.05) is 12.1 Å². The molecule has 0 radical (unpaired) electrons. The van der Waals surface area contributed by atoms with E-state index >= 15 is 0 Å². The highest BCUT2D eigenvalue weighted by Crippen LogP contribution is 2.22. The quantitative estimate of drug-likeness (QED) is 0.853. The third-order valence-electron chi connectivity index (χ3n) is 1.87. The lowest BCUT2D eigenvalue weighted by Crippen LogP contribution is -2.30. The van der Waals surface area contributed by atoms with E-state index in [0.29, 0.717) is 13.0 Å². The second-order valence-electron chi connectivity index (χ2n) is 3.23. The van der Waals surface area contributed by atoms with E-state index < -0.39 is 12.4 Å². The summed E-state index contributed by atoms with van der Waals surface area (Å²) in [5.74, 6) is -0.274. The molecule has 1 rings (SSSR count). The van der Waals surface area contributed by atoms with Crippen LogP contribution in [0.3, 0.4) is 0 Å². The van der Waals surface area contributed by atoms with E-state index in [9.17, 15) is 18.0 Å². The summed E-state index contributed by atoms with van der Waals surface area (Å²) in [5.41, 5.74) is 5.63. The van der Waals surface area contributed by atoms with E-state index in [1.165, 1.54) is 24.3 Å². The number of benzene rings is 1. The van der Waals surface area contributed by atoms with Gasteiger partial charge < -0.3 is 15.8 Å². The predicted molar refractivity (Wildman–Crippen MR) is 54.4 cm³/mol. The molecule has 0 unspecified atom stereocenters. The van der Waals surface area contributed by atoms with Crippen LogP contribution in [0, 0.1) is 0 Å². The summed E-state index contributed by atoms with van der Waals surface area (Å²) in [6.07, 6.45) is -4.20. The van der Waals surface area contributed by atoms with Gasteiger partial charge in [0.1, 0.15) is 5.75 Å². The van der Waals surface area contributed by atoms with Crippen LogP contribution in [0.5, 0.6) is 5.75 Å². The topological polar surface area (TPSA) is 64.4 Å². The van der Waals surface area contributed by atoms with Gasteiger partial charge in [-0.2, -0.15) is 0 Å². The first-order valence-corrected chi connectivity index (χ1v) is 4.75. The minimum Gasteiger partial charge on any atom is -0.406 e. The van der Waals surface area contributed by atoms with Crippen LogP contribution in [0.25, 0.3) is 0 Å². The number of alkyl halides is 3. The van der Waals surface area contributed by atoms with Crippen LogP contribution in [0.2, 0.25) is 0 Å². The number of amides is 2. The molecule has 0 bridgehead atoms. The molecule has 2 amide bonds. The Kier molecular flexibility index (Phi) is 4.19. The number of primary amides is 1. The molecule has 1 aromatic rings. The van der Waals surface area contributed by atoms with E-state index in [0.717, 1.165) is 5.56 Å². The van der Waals surface area contributed by atoms with Crippen LogP contribution in [0.4, 0.5) is 18.0 Å². The fraction of sp³-hybridized carbons (Fsp3) is 0.300. The summed E-state index contributed by atoms with van der Waals surface area (Å²) in [6.45, 7) is 0.328. The summed E-state index contributed by atoms with van der Waals surface area (Å²) in [7, 11) is 0. The summed E-state index contributed by atoms with van der Waals surface area (Å²) in [6, 6.07) is 4.77. The minimum atomic E-state index is -4.69. The molecule has 0 aliphatic carbocycles. The van der Waals surface area contributed by atoms with E-state index in [2.05, 4.69) is 10.1 Å². The van der Waals surface area contributed by atoms with Crippen molar-refractivity contribution in [3.8, 4) is 5.75 Å². The van der Waals surface area contributed by atoms with Crippen molar-refractivity contribution < 1.29 is 22.7 Å². The number of urea groups is 1. The number of halogens is 3. The number of carbonyl (C=O) groups is 1. The van der Waals surface area contributed by atoms with Crippen molar-refractivity contribution in [2.75, 3.05) is 6.54 Å². The molecule has 4 nitrogen and oxygen atoms in total. The van der Waals surface area contributed by atoms with Gasteiger partial charge >= 0.3 is 12.4 Å². The second-order valence-corrected chi connectivity index (χ2v) is 3.23. The third-order valence-corrected chi connectivity index (χ3v) is 1.87. The lowest BCUT2D eigenvalue weighted by molar-refractivity contribution is -0.274. The van der Waals surface area contributed by atoms with Gasteiger partial charge in [0.15, 0.2) is 0 Å². The molecular weight excluding hydrogens is 237 g/mol. The van der Waals surface area contributed by atoms with E-state index in [1.807, 2.05) is 0 Å². The maximum atomic E-state index is 11.8. The lowest BCUT2D eigenvalue weighted by Gasteiger charge is -2.09. The average molecular weight is 248 g/mol. The Bertz CT molecular complexity index is 376. The molecule has 17 heavy (non-hydrogen) atoms. The molecule has 0 heterocycles. The maximum Gasteiger partial charge on any atom is 0.573 e. The number of ether oxygens (including phenoxy) is 1. The second kappa shape index (κ2) is 5.42. The molecule has 0 fully saturated rings. The molecule has 7 heteroatoms. The van der Waals surface area contributed by atoms with Gasteiger partial charge in [0, 0.05) is 6.54 Å². The van der Waals surface area contributed by atoms with E-state index in [1.54, 1.807) is 0 Å². The van der Waals surface area contributed by atoms with Crippen LogP contribution in [-0.2, 0) is 6.42 Å². The molecule has 0 spiro atoms. The van der Waals surface area contributed by atoms with E-state index in [-0.39, 0.29) is 5.75 Å². The zero-order valence-electron chi connectivity index (χ0n) is 8.75. The average Bonchev–Trinajstić information content (AvgIpc) is 2.18. The zero-order chi connectivity index (χ0) is 12.9. The third kappa shape index (κ3) is 5.64. The standard InChI is InChI=1S/C10H11F3N2O2/c11-10(12,13)17-8-3-1-7(2-4-8)5-6-15-9(14)16/h1-4H,5-6H2,(H3,14,15,16). The van der Waals surface area contributed by atoms with Crippen LogP contribution < -0.4 is 15.8 Å². The highest BCUT2D eigenvalue weighted by Gasteiger charge is 2.30. The molecule has 3 N–H and O–H groups in total. The molecule has 0 aromatic heterocycles. The van der Waals surface area contributed by atoms with Crippen molar-refractivity contribution >= 4 is 6.03 Å². The molecule has 94 valence electrons. The Labute approximate surface area is 95.6 Å². The Morgan fingerprint density at radius 3 is 2.35 bits per heavy atom. The van der Waals surface area contributed by atoms with Gasteiger partial charge in [-0.3, -0.25) is 0 Å². The molecule has 0 atom stereocenters. The first-order valence-electron chi connectivity index (χ1n) is 4.75. The first kappa shape index (κ1) is 13.1. The minimum absolute atomic E-state index is 0.274. The van der Waals surface area contributed by atoms with Crippen molar-refractivity contribution in [1.82, 2.24) is 5.32 Å². The Morgan fingerprint density at radius 2 is 1.88 bits per heavy atom. The number of nitrogens with two attached hydrogens (primary N) is 1. The van der Waals surface area contributed by atoms with Gasteiger partial charge in [-0.25, -0.2) is 4.79 Å². The highest BCUT2D eigenvalue weighted by atomic mass is 19.4. The van der Waals surface area contributed by atoms with Gasteiger partial charge in [0.05, 0.1) is 0 Å². The van der Waals surface area contributed by atoms with Crippen molar-refractivity contribution in [2.45, 2.75) is 12.8 Å². The molecule has 0 saturated heterocycles. The SMILES string of the molecule is NC(=O)NCCc1ccc(OC(F)(F)F)cc1. The summed E-state index contributed by atoms with van der Waals surface area (Å²) in [5, 5.41) is 2.37. The zero-order valence-corrected chi connectivity index (χ0v) is 8.75. The Morgan fingerprint density at radius 1 is 1.29 bits per heavy atom. The predicted octanol–water partition coefficient (Wildman–Crippen LogP) is 1.80. The van der Waals surface area contributed by atoms with Crippen molar-refractivity contribution in [3.05, 3.63) is 29.8 Å². The Balaban J connectivity index is 2.47. The fourth-order valence-corrected chi connectivity index (χ4v) is 1.19. The maximum absolute atomic E-state index is 11.8. The lowest BCUT2D eigenvalue weighted by atomic mass is 10.1. The van der Waals surface area contributed by atoms with E-state index in [4.69, 9.17) is 5.73 Å². The molecule has 0 aliphatic heterocycles. The summed E-state index contributed by atoms with van der Waals surface area (Å²) >= 11 is 0. The molecule has 1 aromatic carbocycles. The van der Waals surface area contributed by atoms with Gasteiger partial charge in [0.2, 0.25) is 0 Å². The number of hydrogen-bond donors (Lipinski definition) is 2. The van der Waals surface area contributed by atoms with Crippen LogP contribution in [-0.4, -0.2) is 18.9 Å². The fourth-order valence-electron chi connectivity index (χ4n) is 1.19. The first-order chi connectivity index (χ1) is 7.87. The molecule has 0 aliphatic rings.